The number of pyridine rings is 1. The molecule has 3 aromatic heterocycles. The van der Waals surface area contributed by atoms with Gasteiger partial charge in [0.2, 0.25) is 0 Å². The molecule has 9 heteroatoms. The highest BCUT2D eigenvalue weighted by Gasteiger charge is 2.25. The maximum Gasteiger partial charge on any atom is 0.257 e. The number of likely N-dealkylation sites (N-methyl/N-ethyl adjacent to an activating group) is 1. The van der Waals surface area contributed by atoms with E-state index in [0.29, 0.717) is 35.0 Å². The number of nitrogens with one attached hydrogen (secondary N) is 2. The third kappa shape index (κ3) is 3.93. The van der Waals surface area contributed by atoms with Crippen molar-refractivity contribution in [2.24, 2.45) is 0 Å². The summed E-state index contributed by atoms with van der Waals surface area (Å²) in [5.41, 5.74) is 3.51. The highest BCUT2D eigenvalue weighted by atomic mass is 19.1. The summed E-state index contributed by atoms with van der Waals surface area (Å²) in [7, 11) is 0. The Kier molecular flexibility index (Phi) is 5.49. The van der Waals surface area contributed by atoms with Crippen molar-refractivity contribution in [1.82, 2.24) is 24.5 Å². The van der Waals surface area contributed by atoms with Crippen molar-refractivity contribution in [3.63, 3.8) is 0 Å². The molecule has 4 aromatic rings. The van der Waals surface area contributed by atoms with Crippen molar-refractivity contribution in [3.8, 4) is 0 Å². The standard InChI is InChI=1S/C24H28FN7O/c1-4-26-16-8-9-30(12-16)21-7-6-18(22-19(21)14-32(5-2)29-22)24(33)28-17-10-20(25)23-27-15(3)11-31(23)13-17/h6-7,10-11,13-14,16,26H,4-5,8-9,12H2,1-3H3,(H,28,33). The van der Waals surface area contributed by atoms with E-state index >= 15 is 0 Å². The molecular formula is C24H28FN7O. The van der Waals surface area contributed by atoms with Gasteiger partial charge in [0.05, 0.1) is 16.9 Å². The Bertz CT molecular complexity index is 1340. The van der Waals surface area contributed by atoms with Gasteiger partial charge in [-0.1, -0.05) is 6.92 Å². The summed E-state index contributed by atoms with van der Waals surface area (Å²) >= 11 is 0. The fraction of sp³-hybridized carbons (Fsp3) is 0.375. The quantitative estimate of drug-likeness (QED) is 0.470. The Morgan fingerprint density at radius 2 is 2.09 bits per heavy atom. The Balaban J connectivity index is 1.48. The lowest BCUT2D eigenvalue weighted by molar-refractivity contribution is 0.102. The summed E-state index contributed by atoms with van der Waals surface area (Å²) < 4.78 is 17.9. The molecule has 1 fully saturated rings. The van der Waals surface area contributed by atoms with Gasteiger partial charge in [0.15, 0.2) is 11.5 Å². The number of anilines is 2. The lowest BCUT2D eigenvalue weighted by atomic mass is 10.1. The first-order chi connectivity index (χ1) is 16.0. The van der Waals surface area contributed by atoms with Crippen molar-refractivity contribution in [3.05, 3.63) is 53.9 Å². The second-order valence-corrected chi connectivity index (χ2v) is 8.51. The third-order valence-electron chi connectivity index (χ3n) is 6.18. The molecule has 172 valence electrons. The summed E-state index contributed by atoms with van der Waals surface area (Å²) in [5.74, 6) is -0.809. The number of aromatic nitrogens is 4. The highest BCUT2D eigenvalue weighted by Crippen LogP contribution is 2.32. The molecular weight excluding hydrogens is 421 g/mol. The predicted molar refractivity (Wildman–Crippen MR) is 128 cm³/mol. The number of rotatable bonds is 6. The van der Waals surface area contributed by atoms with Crippen LogP contribution in [0.3, 0.4) is 0 Å². The molecule has 0 radical (unpaired) electrons. The molecule has 0 aliphatic carbocycles. The second-order valence-electron chi connectivity index (χ2n) is 8.51. The maximum absolute atomic E-state index is 14.5. The number of nitrogens with zero attached hydrogens (tertiary/aromatic N) is 5. The van der Waals surface area contributed by atoms with Gasteiger partial charge < -0.3 is 19.9 Å². The Hall–Kier alpha value is -3.46. The molecule has 1 aromatic carbocycles. The number of halogens is 1. The molecule has 4 heterocycles. The highest BCUT2D eigenvalue weighted by molar-refractivity contribution is 6.13. The van der Waals surface area contributed by atoms with E-state index in [1.54, 1.807) is 23.7 Å². The molecule has 0 saturated carbocycles. The summed E-state index contributed by atoms with van der Waals surface area (Å²) in [6.45, 7) is 9.48. The van der Waals surface area contributed by atoms with E-state index < -0.39 is 5.82 Å². The van der Waals surface area contributed by atoms with Crippen LogP contribution in [-0.4, -0.2) is 50.7 Å². The van der Waals surface area contributed by atoms with Gasteiger partial charge in [0.25, 0.3) is 5.91 Å². The van der Waals surface area contributed by atoms with Crippen molar-refractivity contribution in [2.75, 3.05) is 29.9 Å². The zero-order chi connectivity index (χ0) is 23.1. The number of aryl methyl sites for hydroxylation is 2. The van der Waals surface area contributed by atoms with Crippen LogP contribution in [0.25, 0.3) is 16.6 Å². The molecule has 1 aliphatic heterocycles. The summed E-state index contributed by atoms with van der Waals surface area (Å²) in [4.78, 5) is 19.7. The number of benzene rings is 1. The van der Waals surface area contributed by atoms with E-state index in [1.807, 2.05) is 29.9 Å². The number of hydrogen-bond donors (Lipinski definition) is 2. The number of amides is 1. The van der Waals surface area contributed by atoms with Gasteiger partial charge in [-0.05, 0) is 38.9 Å². The van der Waals surface area contributed by atoms with Crippen molar-refractivity contribution in [2.45, 2.75) is 39.8 Å². The van der Waals surface area contributed by atoms with Crippen LogP contribution in [-0.2, 0) is 6.54 Å². The number of carbonyl (C=O) groups is 1. The summed E-state index contributed by atoms with van der Waals surface area (Å²) in [6.07, 6.45) is 6.47. The third-order valence-corrected chi connectivity index (χ3v) is 6.18. The first kappa shape index (κ1) is 21.4. The number of hydrogen-bond acceptors (Lipinski definition) is 5. The zero-order valence-corrected chi connectivity index (χ0v) is 19.1. The fourth-order valence-electron chi connectivity index (χ4n) is 4.64. The predicted octanol–water partition coefficient (Wildman–Crippen LogP) is 3.59. The smallest absolute Gasteiger partial charge is 0.257 e. The largest absolute Gasteiger partial charge is 0.369 e. The van der Waals surface area contributed by atoms with E-state index in [4.69, 9.17) is 0 Å². The van der Waals surface area contributed by atoms with Crippen LogP contribution in [0.2, 0.25) is 0 Å². The Morgan fingerprint density at radius 1 is 1.24 bits per heavy atom. The molecule has 1 atom stereocenters. The lowest BCUT2D eigenvalue weighted by Crippen LogP contribution is -2.32. The lowest BCUT2D eigenvalue weighted by Gasteiger charge is -2.20. The zero-order valence-electron chi connectivity index (χ0n) is 19.1. The van der Waals surface area contributed by atoms with E-state index in [9.17, 15) is 9.18 Å². The van der Waals surface area contributed by atoms with Gasteiger partial charge in [-0.25, -0.2) is 9.37 Å². The van der Waals surface area contributed by atoms with Crippen LogP contribution in [0.1, 0.15) is 36.3 Å². The Labute approximate surface area is 191 Å². The normalized spacial score (nSPS) is 16.2. The van der Waals surface area contributed by atoms with Gasteiger partial charge in [-0.3, -0.25) is 9.48 Å². The minimum atomic E-state index is -0.485. The van der Waals surface area contributed by atoms with Crippen molar-refractivity contribution in [1.29, 1.82) is 0 Å². The van der Waals surface area contributed by atoms with Gasteiger partial charge in [0.1, 0.15) is 5.52 Å². The van der Waals surface area contributed by atoms with E-state index in [2.05, 4.69) is 32.5 Å². The van der Waals surface area contributed by atoms with E-state index in [0.717, 1.165) is 37.1 Å². The first-order valence-electron chi connectivity index (χ1n) is 11.4. The van der Waals surface area contributed by atoms with Crippen molar-refractivity contribution < 1.29 is 9.18 Å². The average Bonchev–Trinajstić information content (AvgIpc) is 3.51. The maximum atomic E-state index is 14.5. The molecule has 33 heavy (non-hydrogen) atoms. The van der Waals surface area contributed by atoms with Crippen LogP contribution >= 0.6 is 0 Å². The van der Waals surface area contributed by atoms with Crippen LogP contribution in [0, 0.1) is 12.7 Å². The van der Waals surface area contributed by atoms with Gasteiger partial charge in [0, 0.05) is 61.4 Å². The van der Waals surface area contributed by atoms with Crippen LogP contribution < -0.4 is 15.5 Å². The molecule has 1 aliphatic rings. The molecule has 1 saturated heterocycles. The van der Waals surface area contributed by atoms with Crippen molar-refractivity contribution >= 4 is 33.8 Å². The molecule has 8 nitrogen and oxygen atoms in total. The minimum Gasteiger partial charge on any atom is -0.369 e. The molecule has 2 N–H and O–H groups in total. The molecule has 0 spiro atoms. The monoisotopic (exact) mass is 449 g/mol. The number of fused-ring (bicyclic) bond motifs is 2. The number of imidazole rings is 1. The summed E-state index contributed by atoms with van der Waals surface area (Å²) in [6, 6.07) is 5.57. The molecule has 1 unspecified atom stereocenters. The van der Waals surface area contributed by atoms with Crippen LogP contribution in [0.4, 0.5) is 15.8 Å². The molecule has 0 bridgehead atoms. The molecule has 1 amide bonds. The van der Waals surface area contributed by atoms with Gasteiger partial charge in [-0.2, -0.15) is 5.10 Å². The topological polar surface area (TPSA) is 79.5 Å². The van der Waals surface area contributed by atoms with Crippen LogP contribution in [0.5, 0.6) is 0 Å². The van der Waals surface area contributed by atoms with E-state index in [-0.39, 0.29) is 11.6 Å². The van der Waals surface area contributed by atoms with Gasteiger partial charge >= 0.3 is 0 Å². The number of carbonyl (C=O) groups excluding carboxylic acids is 1. The SMILES string of the molecule is CCNC1CCN(c2ccc(C(=O)Nc3cc(F)c4nc(C)cn4c3)c3nn(CC)cc23)C1. The summed E-state index contributed by atoms with van der Waals surface area (Å²) in [5, 5.41) is 12.0. The van der Waals surface area contributed by atoms with E-state index in [1.165, 1.54) is 6.07 Å². The minimum absolute atomic E-state index is 0.236. The van der Waals surface area contributed by atoms with Crippen LogP contribution in [0.15, 0.2) is 36.8 Å². The van der Waals surface area contributed by atoms with Gasteiger partial charge in [-0.15, -0.1) is 0 Å². The second kappa shape index (κ2) is 8.47. The fourth-order valence-corrected chi connectivity index (χ4v) is 4.64. The first-order valence-corrected chi connectivity index (χ1v) is 11.4. The molecule has 5 rings (SSSR count). The Morgan fingerprint density at radius 3 is 2.88 bits per heavy atom. The average molecular weight is 450 g/mol.